The minimum Gasteiger partial charge on any atom is -0.465 e. The van der Waals surface area contributed by atoms with E-state index in [4.69, 9.17) is 0 Å². The van der Waals surface area contributed by atoms with E-state index in [0.717, 1.165) is 38.6 Å². The van der Waals surface area contributed by atoms with Gasteiger partial charge in [-0.15, -0.1) is 0 Å². The van der Waals surface area contributed by atoms with E-state index in [2.05, 4.69) is 35.7 Å². The molecule has 16 nitrogen and oxygen atoms in total. The van der Waals surface area contributed by atoms with E-state index in [-0.39, 0.29) is 41.2 Å². The van der Waals surface area contributed by atoms with Crippen LogP contribution in [0.15, 0.2) is 78.0 Å². The van der Waals surface area contributed by atoms with Crippen LogP contribution in [-0.2, 0) is 16.0 Å². The molecule has 5 amide bonds. The topological polar surface area (TPSA) is 200 Å². The lowest BCUT2D eigenvalue weighted by molar-refractivity contribution is -0.137. The molecule has 16 heteroatoms. The molecular formula is C48H60N10O6. The Bertz CT molecular complexity index is 2540. The summed E-state index contributed by atoms with van der Waals surface area (Å²) in [5.41, 5.74) is 4.71. The molecule has 0 spiro atoms. The second-order valence-corrected chi connectivity index (χ2v) is 18.9. The summed E-state index contributed by atoms with van der Waals surface area (Å²) in [5, 5.41) is 25.4. The molecule has 5 aromatic rings. The Kier molecular flexibility index (Phi) is 12.9. The molecule has 2 unspecified atom stereocenters. The standard InChI is InChI=1S/C48H60N10O6/c1-30-23-32(24-35-29-50-54-42(30)35)26-39(53-46(62)57-16-12-33(13-17-57)37-28-34-7-5-6-8-38(34)51-43(37)59)44(60)52-40(25-31-11-18-58(47(63)64)41(27-31)48(2,3)4)45(61)56-21-19-55(20-22-56)36-9-14-49-15-10-36/h5-10,14-15,23-24,28-29,31,33,39-41H,11-13,16-22,25-27H2,1-4H3,(H,50,54)(H,51,59)(H,52,60)(H,53,62)(H,63,64)/t31?,39-,40+,41?/m1/s1. The molecule has 64 heavy (non-hydrogen) atoms. The van der Waals surface area contributed by atoms with Crippen molar-refractivity contribution >= 4 is 51.4 Å². The number of carboxylic acid groups (broad SMARTS) is 1. The van der Waals surface area contributed by atoms with Crippen LogP contribution in [-0.4, -0.2) is 128 Å². The third-order valence-electron chi connectivity index (χ3n) is 13.6. The highest BCUT2D eigenvalue weighted by atomic mass is 16.4. The van der Waals surface area contributed by atoms with Gasteiger partial charge in [-0.1, -0.05) is 45.0 Å². The minimum atomic E-state index is -1.03. The van der Waals surface area contributed by atoms with Crippen molar-refractivity contribution in [3.63, 3.8) is 0 Å². The molecule has 6 heterocycles. The Balaban J connectivity index is 1.02. The van der Waals surface area contributed by atoms with Crippen LogP contribution in [0.25, 0.3) is 21.8 Å². The SMILES string of the molecule is Cc1cc(C[C@@H](NC(=O)N2CCC(c3cc4ccccc4[nH]c3=O)CC2)C(=O)N[C@@H](CC2CCN(C(=O)O)C(C(C)(C)C)C2)C(=O)N2CCN(c3ccncc3)CC2)cc2cn[nH]c12. The zero-order valence-corrected chi connectivity index (χ0v) is 37.2. The summed E-state index contributed by atoms with van der Waals surface area (Å²) in [6, 6.07) is 14.9. The largest absolute Gasteiger partial charge is 0.465 e. The number of hydrogen-bond donors (Lipinski definition) is 5. The maximum absolute atomic E-state index is 14.8. The molecule has 0 saturated carbocycles. The van der Waals surface area contributed by atoms with Crippen molar-refractivity contribution in [2.45, 2.75) is 90.3 Å². The normalized spacial score (nSPS) is 19.7. The molecule has 0 aliphatic carbocycles. The number of benzene rings is 2. The summed E-state index contributed by atoms with van der Waals surface area (Å²) in [7, 11) is 0. The molecule has 3 aromatic heterocycles. The van der Waals surface area contributed by atoms with Gasteiger partial charge in [0.05, 0.1) is 11.7 Å². The second-order valence-electron chi connectivity index (χ2n) is 18.9. The number of rotatable bonds is 10. The number of aromatic amines is 2. The van der Waals surface area contributed by atoms with Crippen molar-refractivity contribution in [1.82, 2.24) is 45.5 Å². The zero-order chi connectivity index (χ0) is 45.1. The van der Waals surface area contributed by atoms with Gasteiger partial charge in [0.15, 0.2) is 0 Å². The fourth-order valence-corrected chi connectivity index (χ4v) is 10.1. The number of fused-ring (bicyclic) bond motifs is 2. The van der Waals surface area contributed by atoms with Crippen LogP contribution in [0.2, 0.25) is 0 Å². The molecule has 3 aliphatic heterocycles. The van der Waals surface area contributed by atoms with Crippen LogP contribution in [0, 0.1) is 18.3 Å². The number of aromatic nitrogens is 4. The maximum atomic E-state index is 14.8. The molecule has 5 N–H and O–H groups in total. The zero-order valence-electron chi connectivity index (χ0n) is 37.2. The van der Waals surface area contributed by atoms with Crippen LogP contribution < -0.4 is 21.1 Å². The van der Waals surface area contributed by atoms with Crippen molar-refractivity contribution in [2.24, 2.45) is 11.3 Å². The summed E-state index contributed by atoms with van der Waals surface area (Å²) in [5.74, 6) is -0.732. The highest BCUT2D eigenvalue weighted by molar-refractivity contribution is 5.92. The average Bonchev–Trinajstić information content (AvgIpc) is 3.78. The number of likely N-dealkylation sites (tertiary alicyclic amines) is 2. The summed E-state index contributed by atoms with van der Waals surface area (Å²) in [4.78, 5) is 83.5. The highest BCUT2D eigenvalue weighted by Gasteiger charge is 2.41. The van der Waals surface area contributed by atoms with Gasteiger partial charge < -0.3 is 40.3 Å². The fourth-order valence-electron chi connectivity index (χ4n) is 10.1. The number of carbonyl (C=O) groups is 4. The van der Waals surface area contributed by atoms with Gasteiger partial charge >= 0.3 is 12.1 Å². The maximum Gasteiger partial charge on any atom is 0.407 e. The predicted octanol–water partition coefficient (Wildman–Crippen LogP) is 5.64. The van der Waals surface area contributed by atoms with E-state index < -0.39 is 30.1 Å². The van der Waals surface area contributed by atoms with Crippen molar-refractivity contribution in [2.75, 3.05) is 50.7 Å². The Labute approximate surface area is 372 Å². The van der Waals surface area contributed by atoms with E-state index >= 15 is 0 Å². The molecule has 3 aliphatic rings. The summed E-state index contributed by atoms with van der Waals surface area (Å²) in [6.07, 6.45) is 7.05. The van der Waals surface area contributed by atoms with Crippen molar-refractivity contribution in [1.29, 1.82) is 0 Å². The quantitative estimate of drug-likeness (QED) is 0.118. The lowest BCUT2D eigenvalue weighted by Crippen LogP contribution is -2.59. The summed E-state index contributed by atoms with van der Waals surface area (Å²) < 4.78 is 0. The molecule has 3 saturated heterocycles. The predicted molar refractivity (Wildman–Crippen MR) is 245 cm³/mol. The summed E-state index contributed by atoms with van der Waals surface area (Å²) in [6.45, 7) is 11.3. The van der Waals surface area contributed by atoms with Gasteiger partial charge in [0, 0.05) is 92.8 Å². The Morgan fingerprint density at radius 3 is 2.31 bits per heavy atom. The third kappa shape index (κ3) is 9.85. The van der Waals surface area contributed by atoms with E-state index in [9.17, 15) is 29.1 Å². The number of hydrogen-bond acceptors (Lipinski definition) is 8. The van der Waals surface area contributed by atoms with Gasteiger partial charge in [-0.25, -0.2) is 9.59 Å². The first kappa shape index (κ1) is 44.2. The first-order chi connectivity index (χ1) is 30.7. The van der Waals surface area contributed by atoms with Crippen LogP contribution in [0.1, 0.15) is 75.5 Å². The number of urea groups is 1. The smallest absolute Gasteiger partial charge is 0.407 e. The van der Waals surface area contributed by atoms with Gasteiger partial charge in [0.25, 0.3) is 5.56 Å². The van der Waals surface area contributed by atoms with E-state index in [1.807, 2.05) is 87.2 Å². The minimum absolute atomic E-state index is 0.0280. The first-order valence-corrected chi connectivity index (χ1v) is 22.6. The van der Waals surface area contributed by atoms with Gasteiger partial charge in [-0.05, 0) is 103 Å². The van der Waals surface area contributed by atoms with Crippen LogP contribution >= 0.6 is 0 Å². The van der Waals surface area contributed by atoms with Crippen LogP contribution in [0.3, 0.4) is 0 Å². The Morgan fingerprint density at radius 1 is 0.859 bits per heavy atom. The number of aryl methyl sites for hydroxylation is 1. The molecule has 0 bridgehead atoms. The molecule has 338 valence electrons. The summed E-state index contributed by atoms with van der Waals surface area (Å²) >= 11 is 0. The van der Waals surface area contributed by atoms with Crippen molar-refractivity contribution in [3.8, 4) is 0 Å². The number of piperazine rings is 1. The van der Waals surface area contributed by atoms with Gasteiger partial charge in [-0.3, -0.25) is 24.5 Å². The number of nitrogens with one attached hydrogen (secondary N) is 4. The lowest BCUT2D eigenvalue weighted by atomic mass is 9.75. The first-order valence-electron chi connectivity index (χ1n) is 22.6. The van der Waals surface area contributed by atoms with Gasteiger partial charge in [0.1, 0.15) is 12.1 Å². The molecule has 4 atom stereocenters. The van der Waals surface area contributed by atoms with Crippen LogP contribution in [0.5, 0.6) is 0 Å². The van der Waals surface area contributed by atoms with E-state index in [1.54, 1.807) is 23.5 Å². The van der Waals surface area contributed by atoms with Gasteiger partial charge in [-0.2, -0.15) is 5.10 Å². The number of anilines is 1. The molecule has 3 fully saturated rings. The van der Waals surface area contributed by atoms with Crippen molar-refractivity contribution in [3.05, 3.63) is 100 Å². The lowest BCUT2D eigenvalue weighted by Gasteiger charge is -2.45. The molecule has 8 rings (SSSR count). The molecule has 0 radical (unpaired) electrons. The number of pyridine rings is 2. The number of amides is 5. The number of H-pyrrole nitrogens is 2. The monoisotopic (exact) mass is 872 g/mol. The molecule has 2 aromatic carbocycles. The number of nitrogens with zero attached hydrogens (tertiary/aromatic N) is 6. The Morgan fingerprint density at radius 2 is 1.59 bits per heavy atom. The van der Waals surface area contributed by atoms with Gasteiger partial charge in [0.2, 0.25) is 11.8 Å². The van der Waals surface area contributed by atoms with Crippen LogP contribution in [0.4, 0.5) is 15.3 Å². The second kappa shape index (κ2) is 18.7. The number of para-hydroxylation sites is 1. The highest BCUT2D eigenvalue weighted by Crippen LogP contribution is 2.37. The third-order valence-corrected chi connectivity index (χ3v) is 13.6. The Hall–Kier alpha value is -6.45. The van der Waals surface area contributed by atoms with E-state index in [1.165, 1.54) is 4.90 Å². The number of carbonyl (C=O) groups excluding carboxylic acids is 3. The molecular weight excluding hydrogens is 813 g/mol. The average molecular weight is 873 g/mol. The van der Waals surface area contributed by atoms with E-state index in [0.29, 0.717) is 83.5 Å². The number of piperidine rings is 2. The van der Waals surface area contributed by atoms with Crippen molar-refractivity contribution < 1.29 is 24.3 Å². The fraction of sp³-hybridized carbons (Fsp3) is 0.479.